The maximum atomic E-state index is 12.8. The Kier molecular flexibility index (Phi) is 3.18. The van der Waals surface area contributed by atoms with E-state index in [1.54, 1.807) is 0 Å². The first-order valence-electron chi connectivity index (χ1n) is 4.00. The number of hydrogen-bond donors (Lipinski definition) is 2. The molecule has 7 heteroatoms. The molecule has 0 saturated carbocycles. The van der Waals surface area contributed by atoms with Gasteiger partial charge in [0.2, 0.25) is 0 Å². The molecule has 0 aromatic heterocycles. The van der Waals surface area contributed by atoms with E-state index in [9.17, 15) is 22.4 Å². The fourth-order valence-corrected chi connectivity index (χ4v) is 1.08. The number of alkyl halides is 3. The van der Waals surface area contributed by atoms with Crippen LogP contribution in [0.1, 0.15) is 17.2 Å². The molecule has 0 spiro atoms. The normalized spacial score (nSPS) is 13.6. The molecule has 0 aliphatic rings. The first-order valence-corrected chi connectivity index (χ1v) is 4.00. The molecule has 3 nitrogen and oxygen atoms in total. The molecule has 1 aromatic rings. The highest BCUT2D eigenvalue weighted by molar-refractivity contribution is 5.74. The second-order valence-electron chi connectivity index (χ2n) is 3.01. The largest absolute Gasteiger partial charge is 0.479 e. The molecule has 2 N–H and O–H groups in total. The highest BCUT2D eigenvalue weighted by Crippen LogP contribution is 2.31. The monoisotopic (exact) mass is 238 g/mol. The lowest BCUT2D eigenvalue weighted by Crippen LogP contribution is -2.13. The number of carboxylic acids is 1. The Balaban J connectivity index is 3.23. The summed E-state index contributed by atoms with van der Waals surface area (Å²) >= 11 is 0. The molecule has 1 atom stereocenters. The number of hydrogen-bond acceptors (Lipinski definition) is 2. The van der Waals surface area contributed by atoms with E-state index in [0.29, 0.717) is 12.1 Å². The number of benzene rings is 1. The molecule has 0 fully saturated rings. The van der Waals surface area contributed by atoms with Crippen LogP contribution in [0.15, 0.2) is 18.2 Å². The number of carboxylic acid groups (broad SMARTS) is 1. The summed E-state index contributed by atoms with van der Waals surface area (Å²) in [6.45, 7) is 0. The standard InChI is InChI=1S/C9H6F4O3/c10-6-2-4(7(14)8(15)16)1-5(3-6)9(11,12)13/h1-3,7,14H,(H,15,16)/t7-/m1/s1. The Morgan fingerprint density at radius 1 is 1.25 bits per heavy atom. The molecular weight excluding hydrogens is 232 g/mol. The Hall–Kier alpha value is -1.63. The zero-order valence-corrected chi connectivity index (χ0v) is 7.62. The fraction of sp³-hybridized carbons (Fsp3) is 0.222. The topological polar surface area (TPSA) is 57.5 Å². The summed E-state index contributed by atoms with van der Waals surface area (Å²) in [5, 5.41) is 17.3. The minimum Gasteiger partial charge on any atom is -0.479 e. The number of aliphatic hydroxyl groups excluding tert-OH is 1. The number of halogens is 4. The third kappa shape index (κ3) is 2.69. The average molecular weight is 238 g/mol. The lowest BCUT2D eigenvalue weighted by atomic mass is 10.1. The smallest absolute Gasteiger partial charge is 0.416 e. The van der Waals surface area contributed by atoms with Crippen LogP contribution in [0.25, 0.3) is 0 Å². The molecule has 0 radical (unpaired) electrons. The van der Waals surface area contributed by atoms with Crippen LogP contribution in [0.2, 0.25) is 0 Å². The maximum Gasteiger partial charge on any atom is 0.416 e. The minimum atomic E-state index is -4.80. The van der Waals surface area contributed by atoms with Gasteiger partial charge >= 0.3 is 12.1 Å². The van der Waals surface area contributed by atoms with E-state index in [2.05, 4.69) is 0 Å². The van der Waals surface area contributed by atoms with Gasteiger partial charge in [-0.25, -0.2) is 9.18 Å². The van der Waals surface area contributed by atoms with Gasteiger partial charge in [0.15, 0.2) is 6.10 Å². The summed E-state index contributed by atoms with van der Waals surface area (Å²) in [5.41, 5.74) is -2.00. The lowest BCUT2D eigenvalue weighted by molar-refractivity contribution is -0.147. The molecule has 16 heavy (non-hydrogen) atoms. The first kappa shape index (κ1) is 12.4. The number of aliphatic hydroxyl groups is 1. The van der Waals surface area contributed by atoms with Crippen molar-refractivity contribution in [2.75, 3.05) is 0 Å². The van der Waals surface area contributed by atoms with Crippen LogP contribution in [-0.4, -0.2) is 16.2 Å². The van der Waals surface area contributed by atoms with E-state index in [4.69, 9.17) is 10.2 Å². The van der Waals surface area contributed by atoms with Crippen molar-refractivity contribution < 1.29 is 32.6 Å². The van der Waals surface area contributed by atoms with Gasteiger partial charge in [0, 0.05) is 0 Å². The minimum absolute atomic E-state index is 0.220. The highest BCUT2D eigenvalue weighted by Gasteiger charge is 2.32. The summed E-state index contributed by atoms with van der Waals surface area (Å²) < 4.78 is 49.4. The van der Waals surface area contributed by atoms with Gasteiger partial charge in [-0.3, -0.25) is 0 Å². The van der Waals surface area contributed by atoms with Crippen molar-refractivity contribution in [1.82, 2.24) is 0 Å². The molecule has 0 aliphatic carbocycles. The predicted molar refractivity (Wildman–Crippen MR) is 44.0 cm³/mol. The van der Waals surface area contributed by atoms with Crippen LogP contribution in [0.4, 0.5) is 17.6 Å². The number of carbonyl (C=O) groups is 1. The van der Waals surface area contributed by atoms with E-state index in [1.807, 2.05) is 0 Å². The molecule has 0 saturated heterocycles. The van der Waals surface area contributed by atoms with Crippen LogP contribution in [0.3, 0.4) is 0 Å². The molecule has 0 amide bonds. The molecule has 1 rings (SSSR count). The number of aliphatic carboxylic acids is 1. The van der Waals surface area contributed by atoms with Gasteiger partial charge in [-0.2, -0.15) is 13.2 Å². The van der Waals surface area contributed by atoms with Gasteiger partial charge in [-0.1, -0.05) is 0 Å². The molecule has 0 unspecified atom stereocenters. The van der Waals surface area contributed by atoms with Gasteiger partial charge in [0.1, 0.15) is 5.82 Å². The summed E-state index contributed by atoms with van der Waals surface area (Å²) in [4.78, 5) is 10.3. The lowest BCUT2D eigenvalue weighted by Gasteiger charge is -2.11. The van der Waals surface area contributed by atoms with Crippen LogP contribution in [-0.2, 0) is 11.0 Å². The van der Waals surface area contributed by atoms with Crippen molar-refractivity contribution in [3.05, 3.63) is 35.1 Å². The average Bonchev–Trinajstić information content (AvgIpc) is 2.14. The van der Waals surface area contributed by atoms with Crippen LogP contribution in [0.5, 0.6) is 0 Å². The quantitative estimate of drug-likeness (QED) is 0.774. The third-order valence-corrected chi connectivity index (χ3v) is 1.80. The van der Waals surface area contributed by atoms with E-state index in [-0.39, 0.29) is 6.07 Å². The molecule has 1 aromatic carbocycles. The Labute approximate surface area is 86.9 Å². The van der Waals surface area contributed by atoms with E-state index < -0.39 is 35.2 Å². The Morgan fingerprint density at radius 2 is 1.81 bits per heavy atom. The summed E-state index contributed by atoms with van der Waals surface area (Å²) in [5.74, 6) is -3.01. The zero-order valence-electron chi connectivity index (χ0n) is 7.62. The van der Waals surface area contributed by atoms with Crippen molar-refractivity contribution >= 4 is 5.97 Å². The molecule has 0 bridgehead atoms. The van der Waals surface area contributed by atoms with E-state index in [1.165, 1.54) is 0 Å². The van der Waals surface area contributed by atoms with Crippen LogP contribution < -0.4 is 0 Å². The van der Waals surface area contributed by atoms with Gasteiger partial charge in [0.05, 0.1) is 5.56 Å². The van der Waals surface area contributed by atoms with Gasteiger partial charge < -0.3 is 10.2 Å². The summed E-state index contributed by atoms with van der Waals surface area (Å²) in [7, 11) is 0. The highest BCUT2D eigenvalue weighted by atomic mass is 19.4. The van der Waals surface area contributed by atoms with Crippen molar-refractivity contribution in [3.63, 3.8) is 0 Å². The maximum absolute atomic E-state index is 12.8. The van der Waals surface area contributed by atoms with Crippen LogP contribution in [0, 0.1) is 5.82 Å². The van der Waals surface area contributed by atoms with Gasteiger partial charge in [0.25, 0.3) is 0 Å². The zero-order chi connectivity index (χ0) is 12.5. The van der Waals surface area contributed by atoms with Crippen molar-refractivity contribution in [3.8, 4) is 0 Å². The molecular formula is C9H6F4O3. The second-order valence-corrected chi connectivity index (χ2v) is 3.01. The van der Waals surface area contributed by atoms with Crippen molar-refractivity contribution in [2.24, 2.45) is 0 Å². The summed E-state index contributed by atoms with van der Waals surface area (Å²) in [6, 6.07) is 1.15. The molecule has 0 heterocycles. The van der Waals surface area contributed by atoms with E-state index >= 15 is 0 Å². The van der Waals surface area contributed by atoms with Crippen LogP contribution >= 0.6 is 0 Å². The first-order chi connectivity index (χ1) is 7.21. The molecule has 88 valence electrons. The van der Waals surface area contributed by atoms with Crippen molar-refractivity contribution in [1.29, 1.82) is 0 Å². The van der Waals surface area contributed by atoms with Crippen molar-refractivity contribution in [2.45, 2.75) is 12.3 Å². The predicted octanol–water partition coefficient (Wildman–Crippen LogP) is 1.96. The van der Waals surface area contributed by atoms with Gasteiger partial charge in [-0.15, -0.1) is 0 Å². The SMILES string of the molecule is O=C(O)[C@H](O)c1cc(F)cc(C(F)(F)F)c1. The second kappa shape index (κ2) is 4.09. The fourth-order valence-electron chi connectivity index (χ4n) is 1.08. The third-order valence-electron chi connectivity index (χ3n) is 1.80. The Bertz CT molecular complexity index is 414. The molecule has 0 aliphatic heterocycles. The summed E-state index contributed by atoms with van der Waals surface area (Å²) in [6.07, 6.45) is -6.98. The number of rotatable bonds is 2. The van der Waals surface area contributed by atoms with E-state index in [0.717, 1.165) is 0 Å². The Morgan fingerprint density at radius 3 is 2.25 bits per heavy atom. The van der Waals surface area contributed by atoms with Gasteiger partial charge in [-0.05, 0) is 23.8 Å².